The molecule has 2 aromatic carbocycles. The minimum absolute atomic E-state index is 0.117. The maximum absolute atomic E-state index is 12.0. The first-order chi connectivity index (χ1) is 14.1. The molecule has 0 aliphatic heterocycles. The molecule has 0 spiro atoms. The molecule has 146 valence electrons. The van der Waals surface area contributed by atoms with Crippen LogP contribution in [-0.4, -0.2) is 22.9 Å². The molecular weight excluding hydrogens is 433 g/mol. The molecule has 4 aromatic rings. The molecule has 0 saturated carbocycles. The van der Waals surface area contributed by atoms with Gasteiger partial charge >= 0.3 is 0 Å². The van der Waals surface area contributed by atoms with E-state index >= 15 is 0 Å². The van der Waals surface area contributed by atoms with Crippen molar-refractivity contribution in [1.82, 2.24) is 10.4 Å². The topological polar surface area (TPSA) is 80.6 Å². The zero-order chi connectivity index (χ0) is 20.2. The zero-order valence-corrected chi connectivity index (χ0v) is 17.1. The Morgan fingerprint density at radius 1 is 1.10 bits per heavy atom. The summed E-state index contributed by atoms with van der Waals surface area (Å²) in [5, 5.41) is 5.19. The Hall–Kier alpha value is -2.74. The van der Waals surface area contributed by atoms with Gasteiger partial charge in [0, 0.05) is 5.56 Å². The Morgan fingerprint density at radius 3 is 2.83 bits per heavy atom. The average Bonchev–Trinajstić information content (AvgIpc) is 3.35. The number of carbonyl (C=O) groups is 1. The highest BCUT2D eigenvalue weighted by Crippen LogP contribution is 2.34. The van der Waals surface area contributed by atoms with Crippen molar-refractivity contribution in [3.8, 4) is 11.3 Å². The van der Waals surface area contributed by atoms with Gasteiger partial charge in [-0.15, -0.1) is 0 Å². The van der Waals surface area contributed by atoms with Gasteiger partial charge in [-0.25, -0.2) is 10.4 Å². The van der Waals surface area contributed by atoms with Gasteiger partial charge in [0.1, 0.15) is 17.0 Å². The fourth-order valence-corrected chi connectivity index (χ4v) is 3.53. The quantitative estimate of drug-likeness (QED) is 0.236. The molecule has 29 heavy (non-hydrogen) atoms. The van der Waals surface area contributed by atoms with Crippen LogP contribution in [0.4, 0.5) is 0 Å². The number of fused-ring (bicyclic) bond motifs is 1. The average molecular weight is 446 g/mol. The Kier molecular flexibility index (Phi) is 5.89. The minimum Gasteiger partial charge on any atom is -0.455 e. The Bertz CT molecular complexity index is 1170. The number of thioether (sulfide) groups is 1. The molecule has 1 N–H and O–H groups in total. The molecule has 9 heteroatoms. The molecule has 2 aromatic heterocycles. The second-order valence-electron chi connectivity index (χ2n) is 5.83. The van der Waals surface area contributed by atoms with Crippen LogP contribution in [0.3, 0.4) is 0 Å². The van der Waals surface area contributed by atoms with Gasteiger partial charge in [-0.2, -0.15) is 5.10 Å². The van der Waals surface area contributed by atoms with E-state index < -0.39 is 0 Å². The lowest BCUT2D eigenvalue weighted by molar-refractivity contribution is -0.118. The van der Waals surface area contributed by atoms with Crippen molar-refractivity contribution in [2.24, 2.45) is 5.10 Å². The van der Waals surface area contributed by atoms with E-state index in [4.69, 9.17) is 32.0 Å². The maximum atomic E-state index is 12.0. The number of oxazole rings is 1. The first-order valence-electron chi connectivity index (χ1n) is 8.44. The molecule has 0 atom stereocenters. The lowest BCUT2D eigenvalue weighted by Gasteiger charge is -2.01. The molecule has 1 amide bonds. The summed E-state index contributed by atoms with van der Waals surface area (Å²) in [6.07, 6.45) is 1.41. The molecule has 6 nitrogen and oxygen atoms in total. The van der Waals surface area contributed by atoms with Crippen molar-refractivity contribution in [3.63, 3.8) is 0 Å². The second-order valence-corrected chi connectivity index (χ2v) is 7.54. The molecule has 4 rings (SSSR count). The Balaban J connectivity index is 1.32. The summed E-state index contributed by atoms with van der Waals surface area (Å²) in [5.41, 5.74) is 4.55. The summed E-state index contributed by atoms with van der Waals surface area (Å²) in [7, 11) is 0. The molecule has 0 aliphatic carbocycles. The second kappa shape index (κ2) is 8.73. The predicted octanol–water partition coefficient (Wildman–Crippen LogP) is 5.64. The van der Waals surface area contributed by atoms with Crippen LogP contribution in [0.25, 0.3) is 22.4 Å². The third-order valence-corrected chi connectivity index (χ3v) is 5.47. The van der Waals surface area contributed by atoms with E-state index in [0.29, 0.717) is 37.9 Å². The number of rotatable bonds is 6. The minimum atomic E-state index is -0.293. The standard InChI is InChI=1S/C20H13Cl2N3O3S/c21-14-5-3-4-13(19(14)22)16-9-8-12(27-16)10-23-25-18(26)11-29-20-24-15-6-1-2-7-17(15)28-20/h1-10H,11H2,(H,25,26). The van der Waals surface area contributed by atoms with Crippen LogP contribution in [0.1, 0.15) is 5.76 Å². The van der Waals surface area contributed by atoms with E-state index in [1.807, 2.05) is 24.3 Å². The largest absolute Gasteiger partial charge is 0.455 e. The highest BCUT2D eigenvalue weighted by atomic mass is 35.5. The van der Waals surface area contributed by atoms with Crippen LogP contribution < -0.4 is 5.43 Å². The van der Waals surface area contributed by atoms with Crippen LogP contribution in [0.15, 0.2) is 73.8 Å². The van der Waals surface area contributed by atoms with E-state index in [1.54, 1.807) is 30.3 Å². The summed E-state index contributed by atoms with van der Waals surface area (Å²) in [4.78, 5) is 16.3. The van der Waals surface area contributed by atoms with Crippen molar-refractivity contribution in [1.29, 1.82) is 0 Å². The van der Waals surface area contributed by atoms with Gasteiger partial charge in [0.25, 0.3) is 11.1 Å². The molecule has 0 fully saturated rings. The number of nitrogens with zero attached hydrogens (tertiary/aromatic N) is 2. The number of hydrazone groups is 1. The molecule has 0 unspecified atom stereocenters. The summed E-state index contributed by atoms with van der Waals surface area (Å²) in [6.45, 7) is 0. The molecule has 0 radical (unpaired) electrons. The van der Waals surface area contributed by atoms with Gasteiger partial charge in [0.2, 0.25) is 0 Å². The number of furan rings is 1. The SMILES string of the molecule is O=C(CSc1nc2ccccc2o1)NN=Cc1ccc(-c2cccc(Cl)c2Cl)o1. The van der Waals surface area contributed by atoms with Gasteiger partial charge in [-0.3, -0.25) is 4.79 Å². The van der Waals surface area contributed by atoms with E-state index in [2.05, 4.69) is 15.5 Å². The fraction of sp³-hybridized carbons (Fsp3) is 0.0500. The van der Waals surface area contributed by atoms with E-state index in [9.17, 15) is 4.79 Å². The number of hydrogen-bond acceptors (Lipinski definition) is 6. The van der Waals surface area contributed by atoms with Crippen LogP contribution in [0.2, 0.25) is 10.0 Å². The molecule has 0 aliphatic rings. The molecule has 0 saturated heterocycles. The lowest BCUT2D eigenvalue weighted by atomic mass is 10.2. The number of carbonyl (C=O) groups excluding carboxylic acids is 1. The van der Waals surface area contributed by atoms with Crippen LogP contribution in [-0.2, 0) is 4.79 Å². The molecule has 2 heterocycles. The lowest BCUT2D eigenvalue weighted by Crippen LogP contribution is -2.19. The maximum Gasteiger partial charge on any atom is 0.257 e. The summed E-state index contributed by atoms with van der Waals surface area (Å²) >= 11 is 13.4. The van der Waals surface area contributed by atoms with Crippen LogP contribution >= 0.6 is 35.0 Å². The van der Waals surface area contributed by atoms with Gasteiger partial charge in [-0.05, 0) is 36.4 Å². The molecule has 0 bridgehead atoms. The third-order valence-electron chi connectivity index (χ3n) is 3.83. The van der Waals surface area contributed by atoms with Crippen LogP contribution in [0.5, 0.6) is 0 Å². The van der Waals surface area contributed by atoms with E-state index in [1.165, 1.54) is 18.0 Å². The normalized spacial score (nSPS) is 11.4. The summed E-state index contributed by atoms with van der Waals surface area (Å²) < 4.78 is 11.2. The smallest absolute Gasteiger partial charge is 0.257 e. The Morgan fingerprint density at radius 2 is 1.97 bits per heavy atom. The third kappa shape index (κ3) is 4.64. The first-order valence-corrected chi connectivity index (χ1v) is 10.2. The highest BCUT2D eigenvalue weighted by Gasteiger charge is 2.11. The van der Waals surface area contributed by atoms with Gasteiger partial charge in [0.05, 0.1) is 22.0 Å². The van der Waals surface area contributed by atoms with Crippen molar-refractivity contribution >= 4 is 58.2 Å². The summed E-state index contributed by atoms with van der Waals surface area (Å²) in [5.74, 6) is 0.837. The number of halogens is 2. The highest BCUT2D eigenvalue weighted by molar-refractivity contribution is 7.99. The monoisotopic (exact) mass is 445 g/mol. The predicted molar refractivity (Wildman–Crippen MR) is 115 cm³/mol. The number of benzene rings is 2. The first kappa shape index (κ1) is 19.6. The van der Waals surface area contributed by atoms with E-state index in [-0.39, 0.29) is 11.7 Å². The van der Waals surface area contributed by atoms with E-state index in [0.717, 1.165) is 5.52 Å². The number of para-hydroxylation sites is 2. The van der Waals surface area contributed by atoms with Gasteiger partial charge in [0.15, 0.2) is 5.58 Å². The van der Waals surface area contributed by atoms with Gasteiger partial charge < -0.3 is 8.83 Å². The molecular formula is C20H13Cl2N3O3S. The van der Waals surface area contributed by atoms with Crippen molar-refractivity contribution in [2.45, 2.75) is 5.22 Å². The van der Waals surface area contributed by atoms with Gasteiger partial charge in [-0.1, -0.05) is 53.2 Å². The fourth-order valence-electron chi connectivity index (χ4n) is 2.50. The summed E-state index contributed by atoms with van der Waals surface area (Å²) in [6, 6.07) is 16.2. The van der Waals surface area contributed by atoms with Crippen molar-refractivity contribution in [2.75, 3.05) is 5.75 Å². The number of amides is 1. The number of nitrogens with one attached hydrogen (secondary N) is 1. The van der Waals surface area contributed by atoms with Crippen LogP contribution in [0, 0.1) is 0 Å². The Labute approximate surface area is 179 Å². The van der Waals surface area contributed by atoms with Crippen molar-refractivity contribution < 1.29 is 13.6 Å². The number of hydrogen-bond donors (Lipinski definition) is 1. The number of aromatic nitrogens is 1. The zero-order valence-electron chi connectivity index (χ0n) is 14.8. The van der Waals surface area contributed by atoms with Crippen molar-refractivity contribution in [3.05, 3.63) is 70.4 Å².